The minimum atomic E-state index is 0.0452. The van der Waals surface area contributed by atoms with Gasteiger partial charge in [-0.15, -0.1) is 0 Å². The van der Waals surface area contributed by atoms with E-state index < -0.39 is 0 Å². The van der Waals surface area contributed by atoms with Gasteiger partial charge in [-0.2, -0.15) is 0 Å². The molecule has 0 radical (unpaired) electrons. The lowest BCUT2D eigenvalue weighted by Gasteiger charge is -2.33. The van der Waals surface area contributed by atoms with Crippen LogP contribution < -0.4 is 0 Å². The Morgan fingerprint density at radius 3 is 1.39 bits per heavy atom. The average Bonchev–Trinajstić information content (AvgIpc) is 3.60. The minimum absolute atomic E-state index is 0.0452. The molecule has 1 heterocycles. The van der Waals surface area contributed by atoms with Crippen molar-refractivity contribution in [2.24, 2.45) is 0 Å². The van der Waals surface area contributed by atoms with Crippen molar-refractivity contribution in [3.05, 3.63) is 199 Å². The van der Waals surface area contributed by atoms with Gasteiger partial charge >= 0.3 is 0 Å². The van der Waals surface area contributed by atoms with Crippen LogP contribution in [0.1, 0.15) is 89.2 Å². The normalized spacial score (nSPS) is 12.6. The molecule has 8 aromatic rings. The van der Waals surface area contributed by atoms with E-state index in [0.29, 0.717) is 0 Å². The van der Waals surface area contributed by atoms with Crippen LogP contribution in [0.3, 0.4) is 0 Å². The summed E-state index contributed by atoms with van der Waals surface area (Å²) in [5, 5.41) is 0. The van der Waals surface area contributed by atoms with Gasteiger partial charge in [-0.1, -0.05) is 229 Å². The van der Waals surface area contributed by atoms with E-state index in [-0.39, 0.29) is 5.41 Å². The Morgan fingerprint density at radius 1 is 0.344 bits per heavy atom. The van der Waals surface area contributed by atoms with Gasteiger partial charge in [-0.25, -0.2) is 0 Å². The second-order valence-corrected chi connectivity index (χ2v) is 17.0. The van der Waals surface area contributed by atoms with E-state index in [1.807, 2.05) is 0 Å². The van der Waals surface area contributed by atoms with Gasteiger partial charge in [-0.3, -0.25) is 4.98 Å². The summed E-state index contributed by atoms with van der Waals surface area (Å²) in [5.74, 6) is 0. The average molecular weight is 792 g/mol. The lowest BCUT2D eigenvalue weighted by atomic mass is 9.70. The maximum absolute atomic E-state index is 5.39. The van der Waals surface area contributed by atoms with Crippen LogP contribution in [-0.4, -0.2) is 4.98 Å². The van der Waals surface area contributed by atoms with Gasteiger partial charge in [0.05, 0.1) is 5.69 Å². The molecule has 0 saturated heterocycles. The molecule has 0 aliphatic heterocycles. The molecule has 0 spiro atoms. The Bertz CT molecular complexity index is 2670. The number of aromatic nitrogens is 1. The monoisotopic (exact) mass is 791 g/mol. The lowest BCUT2D eigenvalue weighted by Crippen LogP contribution is -2.25. The molecule has 0 bridgehead atoms. The zero-order valence-corrected chi connectivity index (χ0v) is 35.9. The Hall–Kier alpha value is -6.31. The Kier molecular flexibility index (Phi) is 12.2. The van der Waals surface area contributed by atoms with Crippen LogP contribution in [0, 0.1) is 0 Å². The Balaban J connectivity index is 1.21. The fourth-order valence-corrected chi connectivity index (χ4v) is 10.2. The van der Waals surface area contributed by atoms with Gasteiger partial charge in [0.2, 0.25) is 0 Å². The highest BCUT2D eigenvalue weighted by Gasteiger charge is 2.42. The van der Waals surface area contributed by atoms with Crippen molar-refractivity contribution >= 4 is 0 Å². The molecule has 1 nitrogen and oxygen atoms in total. The topological polar surface area (TPSA) is 12.9 Å². The number of nitrogens with zero attached hydrogens (tertiary/aromatic N) is 1. The van der Waals surface area contributed by atoms with Crippen molar-refractivity contribution in [1.29, 1.82) is 0 Å². The first-order valence-electron chi connectivity index (χ1n) is 22.8. The second-order valence-electron chi connectivity index (χ2n) is 17.0. The van der Waals surface area contributed by atoms with Crippen LogP contribution in [0.4, 0.5) is 0 Å². The van der Waals surface area contributed by atoms with Crippen LogP contribution in [0.2, 0.25) is 0 Å². The first-order valence-corrected chi connectivity index (χ1v) is 22.8. The van der Waals surface area contributed by atoms with Crippen molar-refractivity contribution < 1.29 is 0 Å². The van der Waals surface area contributed by atoms with Crippen molar-refractivity contribution in [3.63, 3.8) is 0 Å². The van der Waals surface area contributed by atoms with Gasteiger partial charge in [0.25, 0.3) is 0 Å². The summed E-state index contributed by atoms with van der Waals surface area (Å²) < 4.78 is 0. The third kappa shape index (κ3) is 8.03. The predicted molar refractivity (Wildman–Crippen MR) is 261 cm³/mol. The molecule has 0 N–H and O–H groups in total. The first kappa shape index (κ1) is 40.1. The molecule has 0 saturated carbocycles. The van der Waals surface area contributed by atoms with Crippen LogP contribution in [0.25, 0.3) is 78.0 Å². The smallest absolute Gasteiger partial charge is 0.0709 e. The number of rotatable bonds is 16. The molecule has 61 heavy (non-hydrogen) atoms. The fourth-order valence-electron chi connectivity index (χ4n) is 10.2. The molecular formula is C60H57N. The molecule has 1 aromatic heterocycles. The summed E-state index contributed by atoms with van der Waals surface area (Å²) >= 11 is 0. The Labute approximate surface area is 364 Å². The largest absolute Gasteiger partial charge is 0.256 e. The summed E-state index contributed by atoms with van der Waals surface area (Å²) in [4.78, 5) is 5.39. The van der Waals surface area contributed by atoms with E-state index in [0.717, 1.165) is 16.8 Å². The van der Waals surface area contributed by atoms with Crippen molar-refractivity contribution in [2.45, 2.75) is 83.5 Å². The van der Waals surface area contributed by atoms with Gasteiger partial charge in [0.1, 0.15) is 0 Å². The number of hydrogen-bond acceptors (Lipinski definition) is 1. The standard InChI is InChI=1S/C60H57N/c1-3-5-7-23-39-60(40-24-8-6-4-2)54-34-22-21-33-50(54)51-37-35-48(41-55(51)60)49-36-38-56(61-43-49)53-42-52(44-25-13-9-14-26-44)57(45-27-15-10-16-28-45)59(47-31-19-12-20-32-47)58(53)46-29-17-11-18-30-46/h9-22,25-38,41-43H,3-8,23-24,39-40H2,1-2H3. The number of benzene rings is 7. The number of fused-ring (bicyclic) bond motifs is 3. The Morgan fingerprint density at radius 2 is 0.836 bits per heavy atom. The van der Waals surface area contributed by atoms with E-state index in [4.69, 9.17) is 4.98 Å². The van der Waals surface area contributed by atoms with Crippen LogP contribution >= 0.6 is 0 Å². The van der Waals surface area contributed by atoms with Crippen molar-refractivity contribution in [1.82, 2.24) is 4.98 Å². The minimum Gasteiger partial charge on any atom is -0.256 e. The molecule has 302 valence electrons. The zero-order chi connectivity index (χ0) is 41.4. The zero-order valence-electron chi connectivity index (χ0n) is 35.9. The second kappa shape index (κ2) is 18.5. The molecule has 0 unspecified atom stereocenters. The number of unbranched alkanes of at least 4 members (excludes halogenated alkanes) is 6. The molecule has 0 atom stereocenters. The highest BCUT2D eigenvalue weighted by Crippen LogP contribution is 2.55. The molecule has 0 amide bonds. The van der Waals surface area contributed by atoms with Crippen LogP contribution in [0.5, 0.6) is 0 Å². The van der Waals surface area contributed by atoms with Gasteiger partial charge < -0.3 is 0 Å². The molecular weight excluding hydrogens is 735 g/mol. The lowest BCUT2D eigenvalue weighted by molar-refractivity contribution is 0.401. The predicted octanol–water partition coefficient (Wildman–Crippen LogP) is 17.3. The van der Waals surface area contributed by atoms with Gasteiger partial charge in [0.15, 0.2) is 0 Å². The molecule has 7 aromatic carbocycles. The summed E-state index contributed by atoms with van der Waals surface area (Å²) in [6, 6.07) is 67.1. The van der Waals surface area contributed by atoms with E-state index in [2.05, 4.69) is 202 Å². The van der Waals surface area contributed by atoms with Crippen molar-refractivity contribution in [2.75, 3.05) is 0 Å². The molecule has 1 aliphatic carbocycles. The summed E-state index contributed by atoms with van der Waals surface area (Å²) in [6.45, 7) is 4.64. The van der Waals surface area contributed by atoms with E-state index >= 15 is 0 Å². The molecule has 0 fully saturated rings. The maximum Gasteiger partial charge on any atom is 0.0709 e. The van der Waals surface area contributed by atoms with E-state index in [9.17, 15) is 0 Å². The highest BCUT2D eigenvalue weighted by atomic mass is 14.7. The maximum atomic E-state index is 5.39. The molecule has 1 heteroatoms. The van der Waals surface area contributed by atoms with Gasteiger partial charge in [-0.05, 0) is 103 Å². The third-order valence-electron chi connectivity index (χ3n) is 13.2. The SMILES string of the molecule is CCCCCCC1(CCCCCC)c2ccccc2-c2ccc(-c3ccc(-c4cc(-c5ccccc5)c(-c5ccccc5)c(-c5ccccc5)c4-c4ccccc4)nc3)cc21. The number of hydrogen-bond donors (Lipinski definition) is 0. The van der Waals surface area contributed by atoms with Crippen LogP contribution in [-0.2, 0) is 5.41 Å². The molecule has 1 aliphatic rings. The summed E-state index contributed by atoms with van der Waals surface area (Å²) in [5.41, 5.74) is 20.0. The first-order chi connectivity index (χ1) is 30.2. The third-order valence-corrected chi connectivity index (χ3v) is 13.2. The van der Waals surface area contributed by atoms with E-state index in [1.165, 1.54) is 131 Å². The van der Waals surface area contributed by atoms with E-state index in [1.54, 1.807) is 5.56 Å². The van der Waals surface area contributed by atoms with Crippen LogP contribution in [0.15, 0.2) is 188 Å². The summed E-state index contributed by atoms with van der Waals surface area (Å²) in [6.07, 6.45) is 14.8. The number of pyridine rings is 1. The quantitative estimate of drug-likeness (QED) is 0.0888. The van der Waals surface area contributed by atoms with Gasteiger partial charge in [0, 0.05) is 22.7 Å². The van der Waals surface area contributed by atoms with Crippen molar-refractivity contribution in [3.8, 4) is 78.0 Å². The fraction of sp³-hybridized carbons (Fsp3) is 0.217. The highest BCUT2D eigenvalue weighted by molar-refractivity contribution is 6.07. The summed E-state index contributed by atoms with van der Waals surface area (Å²) in [7, 11) is 0. The molecule has 9 rings (SSSR count).